The average Bonchev–Trinajstić information content (AvgIpc) is 3.38. The van der Waals surface area contributed by atoms with Gasteiger partial charge in [0.2, 0.25) is 0 Å². The molecule has 268 valence electrons. The molecule has 0 N–H and O–H groups in total. The number of carbonyl (C=O) groups excluding carboxylic acids is 2. The van der Waals surface area contributed by atoms with Crippen molar-refractivity contribution in [2.75, 3.05) is 25.6 Å². The Morgan fingerprint density at radius 2 is 1.54 bits per heavy atom. The summed E-state index contributed by atoms with van der Waals surface area (Å²) in [4.78, 5) is 26.4. The van der Waals surface area contributed by atoms with Crippen LogP contribution >= 0.6 is 0 Å². The van der Waals surface area contributed by atoms with Crippen LogP contribution in [0.1, 0.15) is 113 Å². The van der Waals surface area contributed by atoms with Gasteiger partial charge in [-0.25, -0.2) is 4.57 Å². The van der Waals surface area contributed by atoms with Crippen LogP contribution in [0.5, 0.6) is 0 Å². The van der Waals surface area contributed by atoms with Crippen LogP contribution in [0.4, 0.5) is 5.69 Å². The normalized spacial score (nSPS) is 40.9. The van der Waals surface area contributed by atoms with Gasteiger partial charge in [-0.1, -0.05) is 41.2 Å². The van der Waals surface area contributed by atoms with Gasteiger partial charge in [-0.3, -0.25) is 9.59 Å². The third-order valence-electron chi connectivity index (χ3n) is 15.7. The maximum absolute atomic E-state index is 12.2. The number of ether oxygens (including phenoxy) is 2. The van der Waals surface area contributed by atoms with Crippen LogP contribution in [-0.2, 0) is 25.6 Å². The first-order chi connectivity index (χ1) is 22.0. The molecular weight excluding hydrogens is 664 g/mol. The van der Waals surface area contributed by atoms with Crippen molar-refractivity contribution in [3.8, 4) is 0 Å². The maximum Gasteiger partial charge on any atom is 0.302 e. The maximum atomic E-state index is 12.2. The molecule has 6 rings (SSSR count). The Hall–Kier alpha value is -1.89. The molecule has 0 bridgehead atoms. The average molecular weight is 728 g/mol. The van der Waals surface area contributed by atoms with Gasteiger partial charge < -0.3 is 31.4 Å². The molecule has 5 aliphatic carbocycles. The van der Waals surface area contributed by atoms with Crippen LogP contribution in [0.2, 0.25) is 0 Å². The van der Waals surface area contributed by atoms with Gasteiger partial charge in [0.15, 0.2) is 18.9 Å². The predicted molar refractivity (Wildman–Crippen MR) is 186 cm³/mol. The molecule has 1 aromatic rings. The summed E-state index contributed by atoms with van der Waals surface area (Å²) in [5.41, 5.74) is 3.24. The number of rotatable bonds is 7. The first-order valence-corrected chi connectivity index (χ1v) is 18.6. The topological polar surface area (TPSA) is 59.7 Å². The molecule has 0 saturated heterocycles. The fourth-order valence-corrected chi connectivity index (χ4v) is 13.3. The lowest BCUT2D eigenvalue weighted by Gasteiger charge is -2.73. The van der Waals surface area contributed by atoms with E-state index < -0.39 is 0 Å². The lowest BCUT2D eigenvalue weighted by Crippen LogP contribution is -3.00. The number of esters is 2. The van der Waals surface area contributed by atoms with Crippen LogP contribution < -0.4 is 26.4 Å². The largest absolute Gasteiger partial charge is 1.00 e. The number of hydrogen-bond acceptors (Lipinski definition) is 5. The Kier molecular flexibility index (Phi) is 10.1. The number of aromatic nitrogens is 1. The van der Waals surface area contributed by atoms with Crippen molar-refractivity contribution in [1.29, 1.82) is 0 Å². The summed E-state index contributed by atoms with van der Waals surface area (Å²) in [6, 6.07) is 4.37. The van der Waals surface area contributed by atoms with E-state index in [0.29, 0.717) is 36.2 Å². The van der Waals surface area contributed by atoms with Gasteiger partial charge >= 0.3 is 11.9 Å². The molecule has 0 amide bonds. The molecule has 0 aromatic carbocycles. The number of halogens is 1. The van der Waals surface area contributed by atoms with Crippen molar-refractivity contribution in [2.24, 2.45) is 56.7 Å². The number of nitrogens with zero attached hydrogens (tertiary/aromatic N) is 2. The number of pyridine rings is 1. The van der Waals surface area contributed by atoms with Gasteiger partial charge in [0.1, 0.15) is 6.10 Å². The monoisotopic (exact) mass is 726 g/mol. The number of carbonyl (C=O) groups is 2. The minimum atomic E-state index is -0.154. The summed E-state index contributed by atoms with van der Waals surface area (Å²) in [7, 11) is 4.16. The van der Waals surface area contributed by atoms with Crippen LogP contribution in [0.3, 0.4) is 0 Å². The van der Waals surface area contributed by atoms with E-state index in [0.717, 1.165) is 38.6 Å². The molecular formula is C41H63BrN2O4. The third-order valence-corrected chi connectivity index (χ3v) is 15.7. The predicted octanol–water partition coefficient (Wildman–Crippen LogP) is 5.18. The molecule has 0 radical (unpaired) electrons. The zero-order valence-electron chi connectivity index (χ0n) is 31.4. The molecule has 0 aliphatic heterocycles. The van der Waals surface area contributed by atoms with Crippen LogP contribution in [0, 0.1) is 56.7 Å². The van der Waals surface area contributed by atoms with Gasteiger partial charge in [-0.15, -0.1) is 0 Å². The number of anilines is 1. The van der Waals surface area contributed by atoms with E-state index in [2.05, 4.69) is 82.7 Å². The summed E-state index contributed by atoms with van der Waals surface area (Å²) in [6.07, 6.45) is 16.1. The highest BCUT2D eigenvalue weighted by Crippen LogP contribution is 2.77. The molecule has 1 heterocycles. The van der Waals surface area contributed by atoms with E-state index in [1.54, 1.807) is 13.8 Å². The number of fused-ring (bicyclic) bond motifs is 7. The van der Waals surface area contributed by atoms with E-state index >= 15 is 0 Å². The summed E-state index contributed by atoms with van der Waals surface area (Å²) in [5.74, 6) is 2.41. The standard InChI is InChI=1S/C41H63N2O4.BrH/c1-27(25-43-23-16-30(17-24-43)42(9)10)31-13-20-41(26-46-28(2)44)22-21-39(7)32(36(31)41)11-12-34-38(6)18-15-35(47-29(3)45)37(4,5)33(38)14-19-40(34,39)8;/h16-17,23-24,31-36H,1,11-15,18-22,25-26H2,2-10H3;1H/q+1;/p-1/t31-,32+,33-,34?,35?,36+,38-,39+,40+,41+;/m0./s1. The molecule has 48 heavy (non-hydrogen) atoms. The second-order valence-electron chi connectivity index (χ2n) is 18.2. The Balaban J connectivity index is 0.00000451. The smallest absolute Gasteiger partial charge is 0.302 e. The van der Waals surface area contributed by atoms with Crippen LogP contribution in [0.15, 0.2) is 36.7 Å². The van der Waals surface area contributed by atoms with Gasteiger partial charge in [0, 0.05) is 56.6 Å². The van der Waals surface area contributed by atoms with Gasteiger partial charge in [0.05, 0.1) is 6.61 Å². The molecule has 2 unspecified atom stereocenters. The lowest BCUT2D eigenvalue weighted by atomic mass is 9.32. The summed E-state index contributed by atoms with van der Waals surface area (Å²) < 4.78 is 14.2. The number of hydrogen-bond donors (Lipinski definition) is 0. The number of allylic oxidation sites excluding steroid dienone is 1. The molecule has 6 nitrogen and oxygen atoms in total. The Morgan fingerprint density at radius 3 is 2.17 bits per heavy atom. The van der Waals surface area contributed by atoms with Crippen molar-refractivity contribution in [2.45, 2.75) is 125 Å². The molecule has 7 heteroatoms. The van der Waals surface area contributed by atoms with Gasteiger partial charge in [-0.05, 0) is 116 Å². The molecule has 5 saturated carbocycles. The van der Waals surface area contributed by atoms with Crippen molar-refractivity contribution in [1.82, 2.24) is 0 Å². The fraction of sp³-hybridized carbons (Fsp3) is 0.780. The second-order valence-corrected chi connectivity index (χ2v) is 18.2. The molecule has 5 fully saturated rings. The summed E-state index contributed by atoms with van der Waals surface area (Å²) in [6.45, 7) is 22.0. The first kappa shape index (κ1) is 37.4. The van der Waals surface area contributed by atoms with E-state index in [9.17, 15) is 9.59 Å². The van der Waals surface area contributed by atoms with Crippen LogP contribution in [-0.4, -0.2) is 38.7 Å². The van der Waals surface area contributed by atoms with E-state index in [1.807, 2.05) is 0 Å². The van der Waals surface area contributed by atoms with E-state index in [4.69, 9.17) is 16.1 Å². The SMILES string of the molecule is C=C(C[n+]1ccc(N(C)C)cc1)[C@@H]1CC[C@]2(COC(C)=O)CC[C@]3(C)[C@H](CCC4[C@@]5(C)CCC(OC(C)=O)C(C)(C)[C@@H]5CC[C@]43C)[C@@H]12.[Br-]. The van der Waals surface area contributed by atoms with Crippen molar-refractivity contribution in [3.63, 3.8) is 0 Å². The highest BCUT2D eigenvalue weighted by atomic mass is 79.9. The van der Waals surface area contributed by atoms with E-state index in [1.165, 1.54) is 43.4 Å². The fourth-order valence-electron chi connectivity index (χ4n) is 13.3. The van der Waals surface area contributed by atoms with Crippen molar-refractivity contribution >= 4 is 17.6 Å². The summed E-state index contributed by atoms with van der Waals surface area (Å²) in [5, 5.41) is 0. The lowest BCUT2D eigenvalue weighted by molar-refractivity contribution is -0.689. The highest BCUT2D eigenvalue weighted by Gasteiger charge is 2.71. The van der Waals surface area contributed by atoms with E-state index in [-0.39, 0.29) is 62.1 Å². The highest BCUT2D eigenvalue weighted by molar-refractivity contribution is 5.66. The van der Waals surface area contributed by atoms with Crippen LogP contribution in [0.25, 0.3) is 0 Å². The van der Waals surface area contributed by atoms with Crippen molar-refractivity contribution < 1.29 is 40.6 Å². The molecule has 5 aliphatic rings. The minimum absolute atomic E-state index is 0. The first-order valence-electron chi connectivity index (χ1n) is 18.6. The Morgan fingerprint density at radius 1 is 0.854 bits per heavy atom. The second kappa shape index (κ2) is 13.0. The molecule has 0 spiro atoms. The van der Waals surface area contributed by atoms with Crippen molar-refractivity contribution in [3.05, 3.63) is 36.7 Å². The molecule has 1 aromatic heterocycles. The summed E-state index contributed by atoms with van der Waals surface area (Å²) >= 11 is 0. The van der Waals surface area contributed by atoms with Gasteiger partial charge in [0.25, 0.3) is 0 Å². The zero-order chi connectivity index (χ0) is 34.2. The third kappa shape index (κ3) is 5.78. The Bertz CT molecular complexity index is 1390. The molecule has 10 atom stereocenters. The minimum Gasteiger partial charge on any atom is -1.00 e. The van der Waals surface area contributed by atoms with Gasteiger partial charge in [-0.2, -0.15) is 0 Å². The Labute approximate surface area is 301 Å². The zero-order valence-corrected chi connectivity index (χ0v) is 33.0. The quantitative estimate of drug-likeness (QED) is 0.221.